The van der Waals surface area contributed by atoms with Crippen LogP contribution in [0.1, 0.15) is 28.8 Å². The predicted octanol–water partition coefficient (Wildman–Crippen LogP) is 4.53. The summed E-state index contributed by atoms with van der Waals surface area (Å²) in [5.74, 6) is -0.420. The third-order valence-corrected chi connectivity index (χ3v) is 5.50. The Balaban J connectivity index is 1.52. The number of pyridine rings is 1. The minimum Gasteiger partial charge on any atom is -0.354 e. The molecule has 5 nitrogen and oxygen atoms in total. The number of aryl methyl sites for hydroxylation is 3. The number of amides is 1. The van der Waals surface area contributed by atoms with Gasteiger partial charge in [-0.25, -0.2) is 4.39 Å². The highest BCUT2D eigenvalue weighted by atomic mass is 19.1. The molecule has 2 aromatic heterocycles. The molecule has 31 heavy (non-hydrogen) atoms. The number of carbonyl (C=O) groups excluding carboxylic acids is 1. The second-order valence-electron chi connectivity index (χ2n) is 7.75. The Morgan fingerprint density at radius 3 is 2.48 bits per heavy atom. The van der Waals surface area contributed by atoms with E-state index in [1.807, 2.05) is 44.2 Å². The van der Waals surface area contributed by atoms with E-state index < -0.39 is 0 Å². The first-order valence-corrected chi connectivity index (χ1v) is 10.2. The number of rotatable bonds is 6. The lowest BCUT2D eigenvalue weighted by molar-refractivity contribution is -0.121. The maximum atomic E-state index is 13.4. The summed E-state index contributed by atoms with van der Waals surface area (Å²) in [6.45, 7) is 3.89. The summed E-state index contributed by atoms with van der Waals surface area (Å²) in [6, 6.07) is 16.1. The summed E-state index contributed by atoms with van der Waals surface area (Å²) in [4.78, 5) is 30.9. The van der Waals surface area contributed by atoms with Gasteiger partial charge >= 0.3 is 0 Å². The van der Waals surface area contributed by atoms with Gasteiger partial charge in [0.25, 0.3) is 5.56 Å². The van der Waals surface area contributed by atoms with Crippen molar-refractivity contribution in [2.24, 2.45) is 0 Å². The van der Waals surface area contributed by atoms with Crippen molar-refractivity contribution in [1.29, 1.82) is 0 Å². The highest BCUT2D eigenvalue weighted by molar-refractivity contribution is 5.91. The molecule has 2 heterocycles. The number of nitrogens with one attached hydrogen (secondary N) is 3. The molecule has 0 saturated carbocycles. The second kappa shape index (κ2) is 8.60. The summed E-state index contributed by atoms with van der Waals surface area (Å²) in [5, 5.41) is 3.90. The number of aromatic amines is 2. The molecule has 0 radical (unpaired) electrons. The Hall–Kier alpha value is -3.67. The molecule has 0 spiro atoms. The average molecular weight is 417 g/mol. The molecule has 0 bridgehead atoms. The van der Waals surface area contributed by atoms with Gasteiger partial charge in [-0.1, -0.05) is 18.2 Å². The fourth-order valence-corrected chi connectivity index (χ4v) is 3.94. The van der Waals surface area contributed by atoms with E-state index in [0.717, 1.165) is 39.0 Å². The smallest absolute Gasteiger partial charge is 0.253 e. The summed E-state index contributed by atoms with van der Waals surface area (Å²) in [5.41, 5.74) is 5.79. The van der Waals surface area contributed by atoms with Crippen LogP contribution in [-0.2, 0) is 17.8 Å². The Kier molecular flexibility index (Phi) is 5.71. The van der Waals surface area contributed by atoms with E-state index >= 15 is 0 Å². The zero-order chi connectivity index (χ0) is 22.0. The highest BCUT2D eigenvalue weighted by Gasteiger charge is 2.15. The van der Waals surface area contributed by atoms with Crippen molar-refractivity contribution < 1.29 is 9.18 Å². The number of carbonyl (C=O) groups is 1. The third kappa shape index (κ3) is 4.43. The monoisotopic (exact) mass is 417 g/mol. The first kappa shape index (κ1) is 20.6. The number of benzene rings is 2. The summed E-state index contributed by atoms with van der Waals surface area (Å²) in [7, 11) is 0. The molecule has 1 amide bonds. The van der Waals surface area contributed by atoms with Crippen molar-refractivity contribution in [2.45, 2.75) is 33.2 Å². The van der Waals surface area contributed by atoms with E-state index in [1.165, 1.54) is 12.1 Å². The fourth-order valence-electron chi connectivity index (χ4n) is 3.94. The van der Waals surface area contributed by atoms with Crippen LogP contribution >= 0.6 is 0 Å². The molecule has 4 rings (SSSR count). The molecule has 0 saturated heterocycles. The van der Waals surface area contributed by atoms with Crippen LogP contribution in [0.3, 0.4) is 0 Å². The van der Waals surface area contributed by atoms with Crippen LogP contribution in [0.4, 0.5) is 4.39 Å². The minimum absolute atomic E-state index is 0.130. The van der Waals surface area contributed by atoms with Gasteiger partial charge in [-0.2, -0.15) is 0 Å². The van der Waals surface area contributed by atoms with Gasteiger partial charge in [0, 0.05) is 40.8 Å². The van der Waals surface area contributed by atoms with Gasteiger partial charge < -0.3 is 15.3 Å². The summed E-state index contributed by atoms with van der Waals surface area (Å²) in [6.07, 6.45) is 0.796. The molecule has 0 unspecified atom stereocenters. The van der Waals surface area contributed by atoms with E-state index in [9.17, 15) is 14.0 Å². The molecular formula is C25H24FN3O2. The number of fused-ring (bicyclic) bond motifs is 1. The molecule has 0 atom stereocenters. The van der Waals surface area contributed by atoms with Crippen LogP contribution in [0.2, 0.25) is 0 Å². The molecule has 2 aromatic carbocycles. The second-order valence-corrected chi connectivity index (χ2v) is 7.75. The van der Waals surface area contributed by atoms with E-state index in [1.54, 1.807) is 12.1 Å². The van der Waals surface area contributed by atoms with E-state index in [2.05, 4.69) is 15.3 Å². The van der Waals surface area contributed by atoms with Crippen LogP contribution in [-0.4, -0.2) is 15.9 Å². The van der Waals surface area contributed by atoms with Gasteiger partial charge in [-0.15, -0.1) is 0 Å². The molecular weight excluding hydrogens is 393 g/mol. The maximum Gasteiger partial charge on any atom is 0.253 e. The number of hydrogen-bond acceptors (Lipinski definition) is 2. The van der Waals surface area contributed by atoms with E-state index in [0.29, 0.717) is 12.0 Å². The average Bonchev–Trinajstić information content (AvgIpc) is 3.10. The van der Waals surface area contributed by atoms with Crippen molar-refractivity contribution in [3.63, 3.8) is 0 Å². The van der Waals surface area contributed by atoms with Crippen molar-refractivity contribution in [1.82, 2.24) is 15.3 Å². The zero-order valence-corrected chi connectivity index (χ0v) is 17.5. The van der Waals surface area contributed by atoms with Gasteiger partial charge in [-0.3, -0.25) is 9.59 Å². The molecule has 6 heteroatoms. The fraction of sp³-hybridized carbons (Fsp3) is 0.200. The number of aromatic nitrogens is 2. The first-order valence-electron chi connectivity index (χ1n) is 10.2. The zero-order valence-electron chi connectivity index (χ0n) is 17.5. The minimum atomic E-state index is -0.290. The molecule has 3 N–H and O–H groups in total. The lowest BCUT2D eigenvalue weighted by Crippen LogP contribution is -2.28. The number of hydrogen-bond donors (Lipinski definition) is 3. The van der Waals surface area contributed by atoms with Crippen LogP contribution in [0.25, 0.3) is 22.2 Å². The molecule has 0 aliphatic heterocycles. The number of H-pyrrole nitrogens is 2. The molecule has 0 aliphatic carbocycles. The van der Waals surface area contributed by atoms with Crippen molar-refractivity contribution in [2.75, 3.05) is 0 Å². The molecule has 4 aromatic rings. The summed E-state index contributed by atoms with van der Waals surface area (Å²) >= 11 is 0. The SMILES string of the molecule is Cc1cc(C)c(CNC(=O)CCc2c(-c3ccc(F)cc3)[nH]c3ccccc23)c(=O)[nH]1. The molecule has 0 aliphatic rings. The Morgan fingerprint density at radius 2 is 1.74 bits per heavy atom. The van der Waals surface area contributed by atoms with E-state index in [-0.39, 0.29) is 30.2 Å². The normalized spacial score (nSPS) is 11.1. The molecule has 0 fully saturated rings. The van der Waals surface area contributed by atoms with E-state index in [4.69, 9.17) is 0 Å². The predicted molar refractivity (Wildman–Crippen MR) is 120 cm³/mol. The highest BCUT2D eigenvalue weighted by Crippen LogP contribution is 2.31. The van der Waals surface area contributed by atoms with Crippen LogP contribution in [0.15, 0.2) is 59.4 Å². The number of para-hydroxylation sites is 1. The molecule has 158 valence electrons. The quantitative estimate of drug-likeness (QED) is 0.431. The van der Waals surface area contributed by atoms with Gasteiger partial charge in [0.05, 0.1) is 0 Å². The topological polar surface area (TPSA) is 77.8 Å². The Morgan fingerprint density at radius 1 is 1.00 bits per heavy atom. The standard InChI is InChI=1S/C25H24FN3O2/c1-15-13-16(2)28-25(31)21(15)14-27-23(30)12-11-20-19-5-3-4-6-22(19)29-24(20)17-7-9-18(26)10-8-17/h3-10,13,29H,11-12,14H2,1-2H3,(H,27,30)(H,28,31). The van der Waals surface area contributed by atoms with Gasteiger partial charge in [-0.05, 0) is 73.4 Å². The Bertz CT molecular complexity index is 1300. The van der Waals surface area contributed by atoms with Gasteiger partial charge in [0.2, 0.25) is 5.91 Å². The van der Waals surface area contributed by atoms with Gasteiger partial charge in [0.1, 0.15) is 5.82 Å². The van der Waals surface area contributed by atoms with Crippen LogP contribution < -0.4 is 10.9 Å². The largest absolute Gasteiger partial charge is 0.354 e. The summed E-state index contributed by atoms with van der Waals surface area (Å²) < 4.78 is 13.4. The van der Waals surface area contributed by atoms with Crippen molar-refractivity contribution >= 4 is 16.8 Å². The van der Waals surface area contributed by atoms with Crippen LogP contribution in [0, 0.1) is 19.7 Å². The first-order chi connectivity index (χ1) is 14.9. The maximum absolute atomic E-state index is 13.4. The van der Waals surface area contributed by atoms with Crippen molar-refractivity contribution in [3.05, 3.63) is 93.2 Å². The van der Waals surface area contributed by atoms with Gasteiger partial charge in [0.15, 0.2) is 0 Å². The Labute approximate surface area is 179 Å². The third-order valence-electron chi connectivity index (χ3n) is 5.50. The lowest BCUT2D eigenvalue weighted by atomic mass is 10.0. The number of halogens is 1. The van der Waals surface area contributed by atoms with Crippen LogP contribution in [0.5, 0.6) is 0 Å². The lowest BCUT2D eigenvalue weighted by Gasteiger charge is -2.09. The van der Waals surface area contributed by atoms with Crippen molar-refractivity contribution in [3.8, 4) is 11.3 Å².